The molecule has 96 valence electrons. The van der Waals surface area contributed by atoms with E-state index in [1.807, 2.05) is 0 Å². The van der Waals surface area contributed by atoms with Crippen molar-refractivity contribution >= 4 is 0 Å². The van der Waals surface area contributed by atoms with E-state index in [1.165, 1.54) is 32.5 Å². The third-order valence-corrected chi connectivity index (χ3v) is 3.77. The van der Waals surface area contributed by atoms with E-state index in [1.54, 1.807) is 0 Å². The van der Waals surface area contributed by atoms with E-state index < -0.39 is 0 Å². The van der Waals surface area contributed by atoms with Crippen molar-refractivity contribution in [3.8, 4) is 0 Å². The first kappa shape index (κ1) is 13.9. The predicted molar refractivity (Wildman–Crippen MR) is 68.5 cm³/mol. The molecule has 0 bridgehead atoms. The van der Waals surface area contributed by atoms with Crippen LogP contribution in [0.15, 0.2) is 0 Å². The largest absolute Gasteiger partial charge is 0.382 e. The Hall–Kier alpha value is -0.120. The second kappa shape index (κ2) is 8.04. The SMILES string of the molecule is CCOCCCN1CCC(CN)C(CC)C1. The van der Waals surface area contributed by atoms with Crippen molar-refractivity contribution in [1.29, 1.82) is 0 Å². The van der Waals surface area contributed by atoms with E-state index in [-0.39, 0.29) is 0 Å². The van der Waals surface area contributed by atoms with E-state index in [0.29, 0.717) is 0 Å². The lowest BCUT2D eigenvalue weighted by molar-refractivity contribution is 0.0954. The van der Waals surface area contributed by atoms with Crippen molar-refractivity contribution in [2.45, 2.75) is 33.1 Å². The summed E-state index contributed by atoms with van der Waals surface area (Å²) in [6, 6.07) is 0. The number of hydrogen-bond donors (Lipinski definition) is 1. The first-order valence-corrected chi connectivity index (χ1v) is 6.81. The van der Waals surface area contributed by atoms with Crippen LogP contribution in [0.2, 0.25) is 0 Å². The minimum absolute atomic E-state index is 0.758. The number of piperidine rings is 1. The fraction of sp³-hybridized carbons (Fsp3) is 1.00. The summed E-state index contributed by atoms with van der Waals surface area (Å²) in [7, 11) is 0. The Balaban J connectivity index is 2.20. The van der Waals surface area contributed by atoms with Gasteiger partial charge in [0.25, 0.3) is 0 Å². The third-order valence-electron chi connectivity index (χ3n) is 3.77. The van der Waals surface area contributed by atoms with Gasteiger partial charge in [-0.3, -0.25) is 0 Å². The van der Waals surface area contributed by atoms with Crippen molar-refractivity contribution < 1.29 is 4.74 Å². The molecular weight excluding hydrogens is 200 g/mol. The fourth-order valence-electron chi connectivity index (χ4n) is 2.67. The lowest BCUT2D eigenvalue weighted by atomic mass is 9.84. The topological polar surface area (TPSA) is 38.5 Å². The standard InChI is InChI=1S/C13H28N2O/c1-3-12-11-15(7-5-9-16-4-2)8-6-13(12)10-14/h12-13H,3-11,14H2,1-2H3. The van der Waals surface area contributed by atoms with Crippen LogP contribution >= 0.6 is 0 Å². The highest BCUT2D eigenvalue weighted by molar-refractivity contribution is 4.80. The lowest BCUT2D eigenvalue weighted by Gasteiger charge is -2.37. The van der Waals surface area contributed by atoms with Gasteiger partial charge in [-0.15, -0.1) is 0 Å². The summed E-state index contributed by atoms with van der Waals surface area (Å²) in [5.41, 5.74) is 5.82. The Morgan fingerprint density at radius 2 is 2.12 bits per heavy atom. The molecule has 1 rings (SSSR count). The molecule has 2 atom stereocenters. The molecule has 1 aliphatic rings. The van der Waals surface area contributed by atoms with Crippen LogP contribution in [0.1, 0.15) is 33.1 Å². The van der Waals surface area contributed by atoms with Crippen LogP contribution in [0.25, 0.3) is 0 Å². The van der Waals surface area contributed by atoms with E-state index in [9.17, 15) is 0 Å². The second-order valence-electron chi connectivity index (χ2n) is 4.80. The maximum Gasteiger partial charge on any atom is 0.0478 e. The molecule has 2 N–H and O–H groups in total. The van der Waals surface area contributed by atoms with Gasteiger partial charge in [0.2, 0.25) is 0 Å². The molecule has 2 unspecified atom stereocenters. The van der Waals surface area contributed by atoms with Gasteiger partial charge in [-0.2, -0.15) is 0 Å². The van der Waals surface area contributed by atoms with Crippen LogP contribution in [0.4, 0.5) is 0 Å². The van der Waals surface area contributed by atoms with E-state index in [4.69, 9.17) is 10.5 Å². The summed E-state index contributed by atoms with van der Waals surface area (Å²) in [6.07, 6.45) is 3.71. The minimum Gasteiger partial charge on any atom is -0.382 e. The molecule has 0 aliphatic carbocycles. The Bertz CT molecular complexity index is 175. The molecule has 0 aromatic heterocycles. The summed E-state index contributed by atoms with van der Waals surface area (Å²) in [6.45, 7) is 10.6. The molecule has 0 spiro atoms. The fourth-order valence-corrected chi connectivity index (χ4v) is 2.67. The zero-order valence-corrected chi connectivity index (χ0v) is 11.0. The van der Waals surface area contributed by atoms with Crippen molar-refractivity contribution in [1.82, 2.24) is 4.90 Å². The van der Waals surface area contributed by atoms with E-state index in [2.05, 4.69) is 18.7 Å². The summed E-state index contributed by atoms with van der Waals surface area (Å²) >= 11 is 0. The molecule has 0 amide bonds. The molecule has 3 nitrogen and oxygen atoms in total. The molecule has 0 aromatic rings. The molecule has 1 saturated heterocycles. The Morgan fingerprint density at radius 1 is 1.31 bits per heavy atom. The van der Waals surface area contributed by atoms with Crippen molar-refractivity contribution in [2.24, 2.45) is 17.6 Å². The molecule has 1 heterocycles. The highest BCUT2D eigenvalue weighted by atomic mass is 16.5. The number of likely N-dealkylation sites (tertiary alicyclic amines) is 1. The summed E-state index contributed by atoms with van der Waals surface area (Å²) in [5.74, 6) is 1.57. The normalized spacial score (nSPS) is 27.2. The highest BCUT2D eigenvalue weighted by Gasteiger charge is 2.26. The average molecular weight is 228 g/mol. The molecular formula is C13H28N2O. The summed E-state index contributed by atoms with van der Waals surface area (Å²) < 4.78 is 5.37. The van der Waals surface area contributed by atoms with Crippen LogP contribution in [-0.4, -0.2) is 44.3 Å². The molecule has 0 aromatic carbocycles. The van der Waals surface area contributed by atoms with Gasteiger partial charge in [0.1, 0.15) is 0 Å². The molecule has 1 fully saturated rings. The smallest absolute Gasteiger partial charge is 0.0478 e. The highest BCUT2D eigenvalue weighted by Crippen LogP contribution is 2.25. The number of nitrogens with two attached hydrogens (primary N) is 1. The van der Waals surface area contributed by atoms with Crippen LogP contribution < -0.4 is 5.73 Å². The average Bonchev–Trinajstić information content (AvgIpc) is 2.34. The second-order valence-corrected chi connectivity index (χ2v) is 4.80. The molecule has 3 heteroatoms. The molecule has 1 aliphatic heterocycles. The van der Waals surface area contributed by atoms with E-state index >= 15 is 0 Å². The van der Waals surface area contributed by atoms with Gasteiger partial charge in [0, 0.05) is 26.3 Å². The zero-order valence-electron chi connectivity index (χ0n) is 11.0. The number of hydrogen-bond acceptors (Lipinski definition) is 3. The predicted octanol–water partition coefficient (Wildman–Crippen LogP) is 1.72. The first-order chi connectivity index (χ1) is 7.81. The van der Waals surface area contributed by atoms with Crippen molar-refractivity contribution in [3.05, 3.63) is 0 Å². The van der Waals surface area contributed by atoms with Crippen molar-refractivity contribution in [2.75, 3.05) is 39.4 Å². The Morgan fingerprint density at radius 3 is 2.75 bits per heavy atom. The number of nitrogens with zero attached hydrogens (tertiary/aromatic N) is 1. The van der Waals surface area contributed by atoms with Crippen molar-refractivity contribution in [3.63, 3.8) is 0 Å². The zero-order chi connectivity index (χ0) is 11.8. The quantitative estimate of drug-likeness (QED) is 0.674. The number of rotatable bonds is 7. The van der Waals surface area contributed by atoms with Crippen LogP contribution in [0, 0.1) is 11.8 Å². The maximum atomic E-state index is 5.82. The molecule has 16 heavy (non-hydrogen) atoms. The Kier molecular flexibility index (Phi) is 7.01. The maximum absolute atomic E-state index is 5.82. The van der Waals surface area contributed by atoms with Gasteiger partial charge in [0.15, 0.2) is 0 Å². The van der Waals surface area contributed by atoms with Gasteiger partial charge in [-0.1, -0.05) is 13.3 Å². The number of ether oxygens (including phenoxy) is 1. The third kappa shape index (κ3) is 4.40. The molecule has 0 saturated carbocycles. The van der Waals surface area contributed by atoms with E-state index in [0.717, 1.165) is 38.0 Å². The minimum atomic E-state index is 0.758. The van der Waals surface area contributed by atoms with Gasteiger partial charge in [-0.05, 0) is 44.7 Å². The lowest BCUT2D eigenvalue weighted by Crippen LogP contribution is -2.43. The Labute approximate surface area is 100 Å². The van der Waals surface area contributed by atoms with Crippen LogP contribution in [-0.2, 0) is 4.74 Å². The van der Waals surface area contributed by atoms with Crippen LogP contribution in [0.5, 0.6) is 0 Å². The van der Waals surface area contributed by atoms with Gasteiger partial charge in [0.05, 0.1) is 0 Å². The molecule has 0 radical (unpaired) electrons. The van der Waals surface area contributed by atoms with Gasteiger partial charge < -0.3 is 15.4 Å². The van der Waals surface area contributed by atoms with Gasteiger partial charge in [-0.25, -0.2) is 0 Å². The first-order valence-electron chi connectivity index (χ1n) is 6.81. The van der Waals surface area contributed by atoms with Crippen LogP contribution in [0.3, 0.4) is 0 Å². The summed E-state index contributed by atoms with van der Waals surface area (Å²) in [4.78, 5) is 2.58. The van der Waals surface area contributed by atoms with Gasteiger partial charge >= 0.3 is 0 Å². The summed E-state index contributed by atoms with van der Waals surface area (Å²) in [5, 5.41) is 0. The monoisotopic (exact) mass is 228 g/mol.